The molecule has 4 heteroatoms. The van der Waals surface area contributed by atoms with Crippen molar-refractivity contribution in [2.75, 3.05) is 14.7 Å². The van der Waals surface area contributed by atoms with E-state index in [0.29, 0.717) is 0 Å². The van der Waals surface area contributed by atoms with Gasteiger partial charge in [0, 0.05) is 50.9 Å². The van der Waals surface area contributed by atoms with Gasteiger partial charge in [0.15, 0.2) is 0 Å². The van der Waals surface area contributed by atoms with Crippen molar-refractivity contribution in [3.8, 4) is 11.1 Å². The molecule has 0 N–H and O–H groups in total. The monoisotopic (exact) mass is 795 g/mol. The Labute approximate surface area is 365 Å². The lowest BCUT2D eigenvalue weighted by atomic mass is 9.33. The van der Waals surface area contributed by atoms with Crippen molar-refractivity contribution in [3.05, 3.63) is 216 Å². The molecule has 0 saturated carbocycles. The summed E-state index contributed by atoms with van der Waals surface area (Å²) in [6.07, 6.45) is 0. The third kappa shape index (κ3) is 5.32. The van der Waals surface area contributed by atoms with Crippen molar-refractivity contribution in [2.45, 2.75) is 40.0 Å². The summed E-state index contributed by atoms with van der Waals surface area (Å²) in [5, 5.41) is 2.49. The standard InChI is InChI=1S/C58H46BN3/c1-37-30-38(2)57(39(3)31-37)62-54-27-17-26-53-56(54)59(50-24-15-16-25-52(50)61(53)44-22-13-8-14-23-44)51-36-49-47(35-55(51)62)46-33-40-28-29-45(32-41(40)34-48(46)58(49,4)5)60(42-18-9-6-10-19-42)43-20-11-7-12-21-43/h6-36H,1-5H3. The average Bonchev–Trinajstić information content (AvgIpc) is 3.50. The summed E-state index contributed by atoms with van der Waals surface area (Å²) in [7, 11) is 0. The van der Waals surface area contributed by atoms with Gasteiger partial charge in [0.1, 0.15) is 0 Å². The highest BCUT2D eigenvalue weighted by molar-refractivity contribution is 7.00. The number of benzene rings is 9. The highest BCUT2D eigenvalue weighted by atomic mass is 15.2. The van der Waals surface area contributed by atoms with Crippen LogP contribution in [-0.4, -0.2) is 6.71 Å². The van der Waals surface area contributed by atoms with Gasteiger partial charge >= 0.3 is 0 Å². The fourth-order valence-corrected chi connectivity index (χ4v) is 11.2. The molecule has 0 fully saturated rings. The molecule has 0 atom stereocenters. The van der Waals surface area contributed by atoms with Crippen molar-refractivity contribution in [1.29, 1.82) is 0 Å². The summed E-state index contributed by atoms with van der Waals surface area (Å²) in [4.78, 5) is 7.44. The first-order valence-electron chi connectivity index (χ1n) is 21.9. The van der Waals surface area contributed by atoms with E-state index in [9.17, 15) is 0 Å². The normalized spacial score (nSPS) is 13.9. The lowest BCUT2D eigenvalue weighted by Crippen LogP contribution is -2.61. The van der Waals surface area contributed by atoms with Crippen molar-refractivity contribution in [3.63, 3.8) is 0 Å². The van der Waals surface area contributed by atoms with Gasteiger partial charge in [-0.1, -0.05) is 123 Å². The number of hydrogen-bond acceptors (Lipinski definition) is 3. The Balaban J connectivity index is 1.09. The van der Waals surface area contributed by atoms with E-state index in [1.54, 1.807) is 0 Å². The Morgan fingerprint density at radius 2 is 1.02 bits per heavy atom. The van der Waals surface area contributed by atoms with Gasteiger partial charge in [-0.2, -0.15) is 0 Å². The van der Waals surface area contributed by atoms with Crippen LogP contribution in [0.2, 0.25) is 0 Å². The van der Waals surface area contributed by atoms with Gasteiger partial charge in [-0.3, -0.25) is 0 Å². The second-order valence-corrected chi connectivity index (χ2v) is 18.0. The predicted octanol–water partition coefficient (Wildman–Crippen LogP) is 13.6. The molecule has 2 heterocycles. The van der Waals surface area contributed by atoms with Crippen LogP contribution in [0.5, 0.6) is 0 Å². The Kier molecular flexibility index (Phi) is 8.02. The molecule has 3 nitrogen and oxygen atoms in total. The zero-order valence-corrected chi connectivity index (χ0v) is 35.8. The highest BCUT2D eigenvalue weighted by Crippen LogP contribution is 2.54. The zero-order chi connectivity index (χ0) is 41.9. The molecule has 0 bridgehead atoms. The summed E-state index contributed by atoms with van der Waals surface area (Å²) < 4.78 is 0. The summed E-state index contributed by atoms with van der Waals surface area (Å²) in [5.74, 6) is 0. The van der Waals surface area contributed by atoms with Gasteiger partial charge in [-0.25, -0.2) is 0 Å². The number of rotatable bonds is 5. The SMILES string of the molecule is Cc1cc(C)c(N2c3cc4c(cc3B3c5ccccc5N(c5ccccc5)c5cccc2c53)C(C)(C)c2cc3cc(N(c5ccccc5)c5ccccc5)ccc3cc2-4)c(C)c1. The number of anilines is 9. The van der Waals surface area contributed by atoms with Crippen LogP contribution in [0, 0.1) is 20.8 Å². The lowest BCUT2D eigenvalue weighted by Gasteiger charge is -2.45. The third-order valence-electron chi connectivity index (χ3n) is 13.8. The summed E-state index contributed by atoms with van der Waals surface area (Å²) in [5.41, 5.74) is 23.9. The van der Waals surface area contributed by atoms with Gasteiger partial charge in [-0.15, -0.1) is 0 Å². The van der Waals surface area contributed by atoms with E-state index in [0.717, 1.165) is 17.1 Å². The summed E-state index contributed by atoms with van der Waals surface area (Å²) >= 11 is 0. The summed E-state index contributed by atoms with van der Waals surface area (Å²) in [6.45, 7) is 11.7. The maximum absolute atomic E-state index is 2.60. The molecule has 2 aliphatic heterocycles. The van der Waals surface area contributed by atoms with Crippen molar-refractivity contribution in [2.24, 2.45) is 0 Å². The maximum atomic E-state index is 2.60. The molecule has 62 heavy (non-hydrogen) atoms. The fourth-order valence-electron chi connectivity index (χ4n) is 11.2. The van der Waals surface area contributed by atoms with Crippen LogP contribution < -0.4 is 31.1 Å². The first kappa shape index (κ1) is 36.5. The van der Waals surface area contributed by atoms with E-state index in [1.165, 1.54) is 100 Å². The molecule has 1 aliphatic carbocycles. The third-order valence-corrected chi connectivity index (χ3v) is 13.8. The molecule has 296 valence electrons. The van der Waals surface area contributed by atoms with Gasteiger partial charge in [0.25, 0.3) is 6.71 Å². The van der Waals surface area contributed by atoms with E-state index < -0.39 is 0 Å². The van der Waals surface area contributed by atoms with E-state index >= 15 is 0 Å². The van der Waals surface area contributed by atoms with Crippen molar-refractivity contribution < 1.29 is 0 Å². The van der Waals surface area contributed by atoms with E-state index in [-0.39, 0.29) is 12.1 Å². The molecule has 0 unspecified atom stereocenters. The van der Waals surface area contributed by atoms with E-state index in [4.69, 9.17) is 0 Å². The Bertz CT molecular complexity index is 3200. The van der Waals surface area contributed by atoms with Crippen LogP contribution >= 0.6 is 0 Å². The van der Waals surface area contributed by atoms with E-state index in [2.05, 4.69) is 237 Å². The molecule has 9 aromatic carbocycles. The Hall–Kier alpha value is -7.30. The van der Waals surface area contributed by atoms with Gasteiger partial charge in [-0.05, 0) is 166 Å². The van der Waals surface area contributed by atoms with Crippen LogP contribution in [0.25, 0.3) is 21.9 Å². The molecular weight excluding hydrogens is 749 g/mol. The topological polar surface area (TPSA) is 9.72 Å². The molecule has 9 aromatic rings. The van der Waals surface area contributed by atoms with Gasteiger partial charge in [0.05, 0.1) is 5.69 Å². The number of para-hydroxylation sites is 4. The first-order valence-corrected chi connectivity index (χ1v) is 21.9. The molecule has 0 spiro atoms. The quantitative estimate of drug-likeness (QED) is 0.161. The van der Waals surface area contributed by atoms with Crippen molar-refractivity contribution in [1.82, 2.24) is 0 Å². The lowest BCUT2D eigenvalue weighted by molar-refractivity contribution is 0.661. The minimum absolute atomic E-state index is 0.0584. The van der Waals surface area contributed by atoms with E-state index in [1.807, 2.05) is 0 Å². The largest absolute Gasteiger partial charge is 0.311 e. The molecule has 0 aromatic heterocycles. The van der Waals surface area contributed by atoms with Gasteiger partial charge in [0.2, 0.25) is 0 Å². The fraction of sp³-hybridized carbons (Fsp3) is 0.103. The number of aryl methyl sites for hydroxylation is 3. The minimum atomic E-state index is -0.229. The van der Waals surface area contributed by atoms with Crippen LogP contribution in [0.15, 0.2) is 188 Å². The molecule has 12 rings (SSSR count). The smallest absolute Gasteiger partial charge is 0.252 e. The Morgan fingerprint density at radius 1 is 0.435 bits per heavy atom. The molecule has 3 aliphatic rings. The first-order chi connectivity index (χ1) is 30.3. The number of nitrogens with zero attached hydrogens (tertiary/aromatic N) is 3. The predicted molar refractivity (Wildman–Crippen MR) is 264 cm³/mol. The number of hydrogen-bond donors (Lipinski definition) is 0. The van der Waals surface area contributed by atoms with Crippen LogP contribution in [0.1, 0.15) is 41.7 Å². The Morgan fingerprint density at radius 3 is 1.71 bits per heavy atom. The average molecular weight is 796 g/mol. The van der Waals surface area contributed by atoms with Gasteiger partial charge < -0.3 is 14.7 Å². The molecule has 0 saturated heterocycles. The van der Waals surface area contributed by atoms with Crippen LogP contribution in [0.3, 0.4) is 0 Å². The van der Waals surface area contributed by atoms with Crippen LogP contribution in [0.4, 0.5) is 51.2 Å². The zero-order valence-electron chi connectivity index (χ0n) is 35.8. The summed E-state index contributed by atoms with van der Waals surface area (Å²) in [6, 6.07) is 70.0. The molecule has 0 radical (unpaired) electrons. The second-order valence-electron chi connectivity index (χ2n) is 18.0. The maximum Gasteiger partial charge on any atom is 0.252 e. The van der Waals surface area contributed by atoms with Crippen molar-refractivity contribution >= 4 is 85.1 Å². The molecule has 0 amide bonds. The minimum Gasteiger partial charge on any atom is -0.311 e. The second kappa shape index (κ2) is 13.6. The number of fused-ring (bicyclic) bond motifs is 8. The molecular formula is C58H46BN3. The highest BCUT2D eigenvalue weighted by Gasteiger charge is 2.46. The van der Waals surface area contributed by atoms with Crippen LogP contribution in [-0.2, 0) is 5.41 Å².